The van der Waals surface area contributed by atoms with Gasteiger partial charge in [-0.1, -0.05) is 38.8 Å². The summed E-state index contributed by atoms with van der Waals surface area (Å²) in [7, 11) is 0. The normalized spacial score (nSPS) is 10.6. The van der Waals surface area contributed by atoms with Gasteiger partial charge in [0.2, 0.25) is 0 Å². The van der Waals surface area contributed by atoms with Crippen molar-refractivity contribution in [2.24, 2.45) is 0 Å². The molecule has 0 N–H and O–H groups in total. The van der Waals surface area contributed by atoms with Crippen LogP contribution < -0.4 is 0 Å². The molecule has 1 aromatic heterocycles. The summed E-state index contributed by atoms with van der Waals surface area (Å²) in [6.45, 7) is 0. The van der Waals surface area contributed by atoms with Crippen LogP contribution in [0.1, 0.15) is 5.82 Å². The molecule has 3 nitrogen and oxygen atoms in total. The molecule has 0 amide bonds. The molecule has 2 aromatic rings. The van der Waals surface area contributed by atoms with Crippen LogP contribution in [-0.2, 0) is 5.33 Å². The smallest absolute Gasteiger partial charge is 0.259 e. The van der Waals surface area contributed by atoms with Crippen molar-refractivity contribution in [3.63, 3.8) is 0 Å². The molecule has 0 spiro atoms. The van der Waals surface area contributed by atoms with E-state index < -0.39 is 5.82 Å². The second-order valence-corrected chi connectivity index (χ2v) is 3.69. The lowest BCUT2D eigenvalue weighted by Crippen LogP contribution is -1.84. The summed E-state index contributed by atoms with van der Waals surface area (Å²) in [5.74, 6) is 0.201. The van der Waals surface area contributed by atoms with E-state index in [4.69, 9.17) is 16.1 Å². The number of halogens is 3. The summed E-state index contributed by atoms with van der Waals surface area (Å²) >= 11 is 8.95. The summed E-state index contributed by atoms with van der Waals surface area (Å²) in [5, 5.41) is 4.13. The maximum Gasteiger partial charge on any atom is 0.259 e. The fraction of sp³-hybridized carbons (Fsp3) is 0.111. The molecular weight excluding hydrogens is 286 g/mol. The number of aromatic nitrogens is 2. The van der Waals surface area contributed by atoms with Gasteiger partial charge in [-0.2, -0.15) is 4.98 Å². The molecule has 0 radical (unpaired) electrons. The van der Waals surface area contributed by atoms with Crippen molar-refractivity contribution in [1.82, 2.24) is 10.1 Å². The Kier molecular flexibility index (Phi) is 3.02. The average Bonchev–Trinajstić information content (AvgIpc) is 2.70. The van der Waals surface area contributed by atoms with Crippen molar-refractivity contribution in [1.29, 1.82) is 0 Å². The minimum Gasteiger partial charge on any atom is -0.334 e. The molecule has 1 aromatic carbocycles. The van der Waals surface area contributed by atoms with Gasteiger partial charge in [-0.05, 0) is 12.1 Å². The van der Waals surface area contributed by atoms with Gasteiger partial charge in [0, 0.05) is 0 Å². The van der Waals surface area contributed by atoms with Crippen molar-refractivity contribution < 1.29 is 8.91 Å². The number of rotatable bonds is 2. The minimum atomic E-state index is -0.507. The van der Waals surface area contributed by atoms with E-state index in [0.717, 1.165) is 0 Å². The highest BCUT2D eigenvalue weighted by Gasteiger charge is 2.13. The lowest BCUT2D eigenvalue weighted by molar-refractivity contribution is 0.425. The SMILES string of the molecule is Fc1cccc(-c2nc(CBr)no2)c1Cl. The van der Waals surface area contributed by atoms with E-state index in [0.29, 0.717) is 16.7 Å². The average molecular weight is 292 g/mol. The van der Waals surface area contributed by atoms with Gasteiger partial charge in [0.25, 0.3) is 5.89 Å². The van der Waals surface area contributed by atoms with E-state index in [9.17, 15) is 4.39 Å². The third-order valence-corrected chi connectivity index (χ3v) is 2.66. The first kappa shape index (κ1) is 10.6. The van der Waals surface area contributed by atoms with Crippen molar-refractivity contribution in [2.75, 3.05) is 0 Å². The lowest BCUT2D eigenvalue weighted by Gasteiger charge is -1.98. The van der Waals surface area contributed by atoms with Crippen LogP contribution in [0.5, 0.6) is 0 Å². The Morgan fingerprint density at radius 2 is 2.27 bits per heavy atom. The zero-order valence-corrected chi connectivity index (χ0v) is 9.72. The summed E-state index contributed by atoms with van der Waals surface area (Å²) in [5.41, 5.74) is 0.399. The molecule has 0 aliphatic carbocycles. The van der Waals surface area contributed by atoms with Gasteiger partial charge in [-0.25, -0.2) is 4.39 Å². The number of benzene rings is 1. The van der Waals surface area contributed by atoms with Gasteiger partial charge in [0.05, 0.1) is 15.9 Å². The lowest BCUT2D eigenvalue weighted by atomic mass is 10.2. The highest BCUT2D eigenvalue weighted by atomic mass is 79.9. The summed E-state index contributed by atoms with van der Waals surface area (Å²) in [6.07, 6.45) is 0. The largest absolute Gasteiger partial charge is 0.334 e. The highest BCUT2D eigenvalue weighted by Crippen LogP contribution is 2.28. The Morgan fingerprint density at radius 3 is 2.93 bits per heavy atom. The van der Waals surface area contributed by atoms with Gasteiger partial charge >= 0.3 is 0 Å². The van der Waals surface area contributed by atoms with Crippen LogP contribution in [0, 0.1) is 5.82 Å². The van der Waals surface area contributed by atoms with Crippen LogP contribution in [0.25, 0.3) is 11.5 Å². The maximum absolute atomic E-state index is 13.1. The predicted octanol–water partition coefficient (Wildman–Crippen LogP) is 3.42. The zero-order chi connectivity index (χ0) is 10.8. The summed E-state index contributed by atoms with van der Waals surface area (Å²) in [6, 6.07) is 4.43. The third kappa shape index (κ3) is 2.03. The topological polar surface area (TPSA) is 38.9 Å². The Bertz CT molecular complexity index is 489. The molecule has 2 rings (SSSR count). The Morgan fingerprint density at radius 1 is 1.47 bits per heavy atom. The van der Waals surface area contributed by atoms with Crippen LogP contribution in [-0.4, -0.2) is 10.1 Å². The number of hydrogen-bond acceptors (Lipinski definition) is 3. The second-order valence-electron chi connectivity index (χ2n) is 2.75. The van der Waals surface area contributed by atoms with Gasteiger partial charge in [0.15, 0.2) is 5.82 Å². The molecule has 0 unspecified atom stereocenters. The van der Waals surface area contributed by atoms with Crippen molar-refractivity contribution in [3.05, 3.63) is 34.9 Å². The first-order valence-corrected chi connectivity index (χ1v) is 5.55. The Labute approximate surface area is 98.4 Å². The fourth-order valence-electron chi connectivity index (χ4n) is 1.09. The third-order valence-electron chi connectivity index (χ3n) is 1.77. The van der Waals surface area contributed by atoms with Crippen LogP contribution in [0.15, 0.2) is 22.7 Å². The summed E-state index contributed by atoms with van der Waals surface area (Å²) in [4.78, 5) is 4.03. The summed E-state index contributed by atoms with van der Waals surface area (Å²) < 4.78 is 18.1. The first-order chi connectivity index (χ1) is 7.22. The number of alkyl halides is 1. The number of nitrogens with zero attached hydrogens (tertiary/aromatic N) is 2. The molecule has 0 fully saturated rings. The molecule has 1 heterocycles. The maximum atomic E-state index is 13.1. The van der Waals surface area contributed by atoms with Crippen LogP contribution >= 0.6 is 27.5 Å². The van der Waals surface area contributed by atoms with E-state index in [1.807, 2.05) is 0 Å². The van der Waals surface area contributed by atoms with Gasteiger partial charge in [-0.15, -0.1) is 0 Å². The first-order valence-electron chi connectivity index (χ1n) is 4.05. The molecule has 0 aliphatic heterocycles. The monoisotopic (exact) mass is 290 g/mol. The zero-order valence-electron chi connectivity index (χ0n) is 7.38. The molecule has 0 bridgehead atoms. The van der Waals surface area contributed by atoms with Gasteiger partial charge in [0.1, 0.15) is 5.82 Å². The van der Waals surface area contributed by atoms with E-state index in [-0.39, 0.29) is 10.9 Å². The van der Waals surface area contributed by atoms with Crippen molar-refractivity contribution in [3.8, 4) is 11.5 Å². The van der Waals surface area contributed by atoms with E-state index in [1.54, 1.807) is 6.07 Å². The molecule has 78 valence electrons. The standard InChI is InChI=1S/C9H5BrClFN2O/c10-4-7-13-9(15-14-7)5-2-1-3-6(12)8(5)11/h1-3H,4H2. The van der Waals surface area contributed by atoms with Crippen molar-refractivity contribution >= 4 is 27.5 Å². The quantitative estimate of drug-likeness (QED) is 0.796. The second kappa shape index (κ2) is 4.28. The van der Waals surface area contributed by atoms with E-state index in [1.165, 1.54) is 12.1 Å². The van der Waals surface area contributed by atoms with E-state index >= 15 is 0 Å². The minimum absolute atomic E-state index is 0.0118. The van der Waals surface area contributed by atoms with Gasteiger partial charge in [-0.3, -0.25) is 0 Å². The fourth-order valence-corrected chi connectivity index (χ4v) is 1.52. The molecule has 0 atom stereocenters. The van der Waals surface area contributed by atoms with Crippen molar-refractivity contribution in [2.45, 2.75) is 5.33 Å². The molecular formula is C9H5BrClFN2O. The van der Waals surface area contributed by atoms with E-state index in [2.05, 4.69) is 26.1 Å². The number of hydrogen-bond donors (Lipinski definition) is 0. The molecule has 0 aliphatic rings. The van der Waals surface area contributed by atoms with Gasteiger partial charge < -0.3 is 4.52 Å². The highest BCUT2D eigenvalue weighted by molar-refractivity contribution is 9.08. The molecule has 0 saturated heterocycles. The van der Waals surface area contributed by atoms with Crippen LogP contribution in [0.3, 0.4) is 0 Å². The molecule has 6 heteroatoms. The molecule has 0 saturated carbocycles. The Balaban J connectivity index is 2.49. The molecule has 15 heavy (non-hydrogen) atoms. The van der Waals surface area contributed by atoms with Crippen LogP contribution in [0.2, 0.25) is 5.02 Å². The Hall–Kier alpha value is -0.940. The predicted molar refractivity (Wildman–Crippen MR) is 57.3 cm³/mol. The van der Waals surface area contributed by atoms with Crippen LogP contribution in [0.4, 0.5) is 4.39 Å².